The number of hydrogen-bond acceptors (Lipinski definition) is 2. The molecule has 2 N–H and O–H groups in total. The fourth-order valence-corrected chi connectivity index (χ4v) is 7.49. The van der Waals surface area contributed by atoms with E-state index >= 15 is 0 Å². The molecule has 4 heteroatoms. The van der Waals surface area contributed by atoms with E-state index in [0.29, 0.717) is 25.9 Å². The van der Waals surface area contributed by atoms with Crippen molar-refractivity contribution >= 4 is 11.8 Å². The predicted molar refractivity (Wildman–Crippen MR) is 228 cm³/mol. The minimum atomic E-state index is 0.138. The third-order valence-electron chi connectivity index (χ3n) is 11.1. The van der Waals surface area contributed by atoms with Crippen molar-refractivity contribution in [2.75, 3.05) is 0 Å². The fourth-order valence-electron chi connectivity index (χ4n) is 7.49. The Hall–Kier alpha value is -1.84. The van der Waals surface area contributed by atoms with Crippen molar-refractivity contribution in [2.45, 2.75) is 258 Å². The Morgan fingerprint density at radius 2 is 0.558 bits per heavy atom. The molecule has 0 bridgehead atoms. The van der Waals surface area contributed by atoms with E-state index in [0.717, 1.165) is 36.8 Å². The minimum absolute atomic E-state index is 0.138. The van der Waals surface area contributed by atoms with Gasteiger partial charge in [-0.25, -0.2) is 0 Å². The van der Waals surface area contributed by atoms with Gasteiger partial charge in [0.05, 0.1) is 0 Å². The molecule has 0 spiro atoms. The first-order valence-electron chi connectivity index (χ1n) is 23.3. The van der Waals surface area contributed by atoms with Crippen LogP contribution in [0.2, 0.25) is 0 Å². The lowest BCUT2D eigenvalue weighted by atomic mass is 10.0. The molecular formula is C48H88N2O2. The monoisotopic (exact) mass is 725 g/mol. The Balaban J connectivity index is 1.95. The summed E-state index contributed by atoms with van der Waals surface area (Å²) in [5, 5.41) is 6.23. The van der Waals surface area contributed by atoms with Crippen LogP contribution >= 0.6 is 0 Å². The minimum Gasteiger partial charge on any atom is -0.352 e. The van der Waals surface area contributed by atoms with E-state index in [9.17, 15) is 9.59 Å². The van der Waals surface area contributed by atoms with Crippen molar-refractivity contribution in [2.24, 2.45) is 0 Å². The first kappa shape index (κ1) is 48.2. The number of nitrogens with one attached hydrogen (secondary N) is 2. The molecular weight excluding hydrogens is 637 g/mol. The van der Waals surface area contributed by atoms with Gasteiger partial charge in [0.15, 0.2) is 0 Å². The third-order valence-corrected chi connectivity index (χ3v) is 11.1. The van der Waals surface area contributed by atoms with Crippen LogP contribution in [-0.2, 0) is 22.7 Å². The highest BCUT2D eigenvalue weighted by Gasteiger charge is 2.07. The van der Waals surface area contributed by atoms with Crippen molar-refractivity contribution in [3.05, 3.63) is 35.4 Å². The molecule has 1 rings (SSSR count). The van der Waals surface area contributed by atoms with E-state index in [-0.39, 0.29) is 11.8 Å². The molecule has 1 aromatic rings. The van der Waals surface area contributed by atoms with Crippen molar-refractivity contribution in [3.8, 4) is 0 Å². The molecule has 302 valence electrons. The zero-order valence-electron chi connectivity index (χ0n) is 35.0. The van der Waals surface area contributed by atoms with E-state index in [1.54, 1.807) is 0 Å². The lowest BCUT2D eigenvalue weighted by Gasteiger charge is -2.12. The summed E-state index contributed by atoms with van der Waals surface area (Å²) in [6.45, 7) is 5.64. The van der Waals surface area contributed by atoms with E-state index in [1.165, 1.54) is 193 Å². The molecule has 52 heavy (non-hydrogen) atoms. The highest BCUT2D eigenvalue weighted by Crippen LogP contribution is 2.16. The maximum absolute atomic E-state index is 12.5. The standard InChI is InChI=1S/C48H88N2O2/c1-3-5-7-9-11-13-15-17-19-21-23-25-27-29-31-33-35-41-47(51)49-43-45-39-37-38-40-46(45)44-50-48(52)42-36-34-32-30-28-26-24-22-20-18-16-14-12-10-8-6-4-2/h37-40H,3-36,41-44H2,1-2H3,(H,49,51)(H,50,52). The molecule has 0 saturated carbocycles. The fraction of sp³-hybridized carbons (Fsp3) is 0.833. The number of carbonyl (C=O) groups excluding carboxylic acids is 2. The molecule has 4 nitrogen and oxygen atoms in total. The highest BCUT2D eigenvalue weighted by molar-refractivity contribution is 5.76. The molecule has 0 radical (unpaired) electrons. The van der Waals surface area contributed by atoms with Crippen LogP contribution in [0.1, 0.15) is 256 Å². The number of benzene rings is 1. The molecule has 1 aromatic carbocycles. The number of hydrogen-bond donors (Lipinski definition) is 2. The Bertz CT molecular complexity index is 842. The maximum Gasteiger partial charge on any atom is 0.220 e. The van der Waals surface area contributed by atoms with Crippen LogP contribution in [0.25, 0.3) is 0 Å². The quantitative estimate of drug-likeness (QED) is 0.0662. The lowest BCUT2D eigenvalue weighted by molar-refractivity contribution is -0.122. The van der Waals surface area contributed by atoms with Crippen LogP contribution in [0.5, 0.6) is 0 Å². The Labute approximate surface area is 324 Å². The number of rotatable bonds is 40. The summed E-state index contributed by atoms with van der Waals surface area (Å²) < 4.78 is 0. The SMILES string of the molecule is CCCCCCCCCCCCCCCCCCCC(=O)NCc1ccccc1CNC(=O)CCCCCCCCCCCCCCCCCCC. The van der Waals surface area contributed by atoms with E-state index in [1.807, 2.05) is 12.1 Å². The summed E-state index contributed by atoms with van der Waals surface area (Å²) in [6, 6.07) is 8.16. The number of unbranched alkanes of at least 4 members (excludes halogenated alkanes) is 32. The molecule has 0 aliphatic rings. The summed E-state index contributed by atoms with van der Waals surface area (Å²) in [6.07, 6.45) is 47.2. The van der Waals surface area contributed by atoms with Gasteiger partial charge in [0.1, 0.15) is 0 Å². The second-order valence-corrected chi connectivity index (χ2v) is 16.1. The molecule has 0 aliphatic heterocycles. The Morgan fingerprint density at radius 1 is 0.346 bits per heavy atom. The molecule has 0 aromatic heterocycles. The van der Waals surface area contributed by atoms with Gasteiger partial charge in [-0.2, -0.15) is 0 Å². The molecule has 2 amide bonds. The molecule has 0 heterocycles. The third kappa shape index (κ3) is 32.8. The van der Waals surface area contributed by atoms with E-state index in [4.69, 9.17) is 0 Å². The average molecular weight is 725 g/mol. The largest absolute Gasteiger partial charge is 0.352 e. The van der Waals surface area contributed by atoms with Gasteiger partial charge in [-0.15, -0.1) is 0 Å². The van der Waals surface area contributed by atoms with Crippen LogP contribution in [0, 0.1) is 0 Å². The van der Waals surface area contributed by atoms with Gasteiger partial charge in [0, 0.05) is 25.9 Å². The molecule has 0 aliphatic carbocycles. The second kappa shape index (κ2) is 38.9. The zero-order valence-corrected chi connectivity index (χ0v) is 35.0. The van der Waals surface area contributed by atoms with E-state index < -0.39 is 0 Å². The summed E-state index contributed by atoms with van der Waals surface area (Å²) in [5.41, 5.74) is 2.19. The highest BCUT2D eigenvalue weighted by atomic mass is 16.2. The number of carbonyl (C=O) groups is 2. The van der Waals surface area contributed by atoms with Gasteiger partial charge in [0.25, 0.3) is 0 Å². The Morgan fingerprint density at radius 3 is 0.788 bits per heavy atom. The molecule has 0 fully saturated rings. The van der Waals surface area contributed by atoms with Crippen LogP contribution < -0.4 is 10.6 Å². The van der Waals surface area contributed by atoms with Crippen LogP contribution in [0.4, 0.5) is 0 Å². The zero-order chi connectivity index (χ0) is 37.4. The smallest absolute Gasteiger partial charge is 0.220 e. The number of amides is 2. The van der Waals surface area contributed by atoms with Crippen LogP contribution in [0.15, 0.2) is 24.3 Å². The molecule has 0 unspecified atom stereocenters. The van der Waals surface area contributed by atoms with Gasteiger partial charge in [-0.1, -0.05) is 244 Å². The van der Waals surface area contributed by atoms with Crippen molar-refractivity contribution in [1.29, 1.82) is 0 Å². The second-order valence-electron chi connectivity index (χ2n) is 16.1. The van der Waals surface area contributed by atoms with Crippen molar-refractivity contribution in [1.82, 2.24) is 10.6 Å². The molecule has 0 atom stereocenters. The first-order valence-corrected chi connectivity index (χ1v) is 23.3. The van der Waals surface area contributed by atoms with Crippen LogP contribution in [-0.4, -0.2) is 11.8 Å². The van der Waals surface area contributed by atoms with Crippen molar-refractivity contribution in [3.63, 3.8) is 0 Å². The van der Waals surface area contributed by atoms with E-state index in [2.05, 4.69) is 36.6 Å². The van der Waals surface area contributed by atoms with Gasteiger partial charge in [-0.3, -0.25) is 9.59 Å². The topological polar surface area (TPSA) is 58.2 Å². The van der Waals surface area contributed by atoms with Gasteiger partial charge in [0.2, 0.25) is 11.8 Å². The first-order chi connectivity index (χ1) is 25.7. The predicted octanol–water partition coefficient (Wildman–Crippen LogP) is 15.0. The average Bonchev–Trinajstić information content (AvgIpc) is 3.15. The van der Waals surface area contributed by atoms with Crippen molar-refractivity contribution < 1.29 is 9.59 Å². The molecule has 0 saturated heterocycles. The van der Waals surface area contributed by atoms with Crippen LogP contribution in [0.3, 0.4) is 0 Å². The maximum atomic E-state index is 12.5. The summed E-state index contributed by atoms with van der Waals surface area (Å²) >= 11 is 0. The van der Waals surface area contributed by atoms with Gasteiger partial charge in [-0.05, 0) is 24.0 Å². The van der Waals surface area contributed by atoms with Gasteiger partial charge >= 0.3 is 0 Å². The summed E-state index contributed by atoms with van der Waals surface area (Å²) in [4.78, 5) is 25.0. The summed E-state index contributed by atoms with van der Waals surface area (Å²) in [7, 11) is 0. The Kier molecular flexibility index (Phi) is 36.0. The lowest BCUT2D eigenvalue weighted by Crippen LogP contribution is -2.25. The summed E-state index contributed by atoms with van der Waals surface area (Å²) in [5.74, 6) is 0.275. The van der Waals surface area contributed by atoms with Gasteiger partial charge < -0.3 is 10.6 Å². The normalized spacial score (nSPS) is 11.3.